The second-order valence-electron chi connectivity index (χ2n) is 15.4. The van der Waals surface area contributed by atoms with E-state index in [1.165, 1.54) is 83.1 Å². The molecule has 0 spiro atoms. The van der Waals surface area contributed by atoms with Gasteiger partial charge in [-0.15, -0.1) is 0 Å². The second kappa shape index (κ2) is 17.3. The summed E-state index contributed by atoms with van der Waals surface area (Å²) >= 11 is 0. The summed E-state index contributed by atoms with van der Waals surface area (Å²) in [4.78, 5) is 23.2. The zero-order chi connectivity index (χ0) is 31.5. The van der Waals surface area contributed by atoms with Crippen LogP contribution >= 0.6 is 0 Å². The number of carbonyl (C=O) groups is 2. The summed E-state index contributed by atoms with van der Waals surface area (Å²) in [6, 6.07) is 0. The van der Waals surface area contributed by atoms with E-state index in [4.69, 9.17) is 18.9 Å². The lowest BCUT2D eigenvalue weighted by Crippen LogP contribution is -2.39. The van der Waals surface area contributed by atoms with Crippen LogP contribution in [0.4, 0.5) is 0 Å². The van der Waals surface area contributed by atoms with Gasteiger partial charge < -0.3 is 18.9 Å². The van der Waals surface area contributed by atoms with Crippen LogP contribution < -0.4 is 0 Å². The third-order valence-corrected chi connectivity index (χ3v) is 11.8. The summed E-state index contributed by atoms with van der Waals surface area (Å²) in [6.07, 6.45) is 21.3. The van der Waals surface area contributed by atoms with E-state index in [1.54, 1.807) is 6.92 Å². The molecule has 0 heterocycles. The number of esters is 2. The fourth-order valence-electron chi connectivity index (χ4n) is 8.81. The van der Waals surface area contributed by atoms with Crippen LogP contribution in [0.3, 0.4) is 0 Å². The minimum absolute atomic E-state index is 0.264. The Hall–Kier alpha value is -1.66. The lowest BCUT2D eigenvalue weighted by molar-refractivity contribution is -0.141. The highest BCUT2D eigenvalue weighted by molar-refractivity contribution is 5.86. The van der Waals surface area contributed by atoms with Crippen molar-refractivity contribution in [3.8, 4) is 0 Å². The lowest BCUT2D eigenvalue weighted by Gasteiger charge is -2.47. The van der Waals surface area contributed by atoms with Gasteiger partial charge in [-0.25, -0.2) is 9.59 Å². The van der Waals surface area contributed by atoms with Crippen molar-refractivity contribution < 1.29 is 28.5 Å². The Labute approximate surface area is 268 Å². The van der Waals surface area contributed by atoms with Crippen LogP contribution in [0.15, 0.2) is 24.8 Å². The molecule has 4 rings (SSSR count). The maximum absolute atomic E-state index is 11.8. The van der Waals surface area contributed by atoms with E-state index >= 15 is 0 Å². The van der Waals surface area contributed by atoms with Gasteiger partial charge in [-0.1, -0.05) is 39.8 Å². The smallest absolute Gasteiger partial charge is 0.333 e. The minimum atomic E-state index is -0.310. The van der Waals surface area contributed by atoms with E-state index < -0.39 is 0 Å². The minimum Gasteiger partial charge on any atom is -0.462 e. The Morgan fingerprint density at radius 2 is 1.07 bits per heavy atom. The molecule has 0 saturated heterocycles. The summed E-state index contributed by atoms with van der Waals surface area (Å²) in [5.41, 5.74) is 0.848. The van der Waals surface area contributed by atoms with Crippen LogP contribution in [0.25, 0.3) is 0 Å². The molecule has 6 nitrogen and oxygen atoms in total. The molecule has 0 aromatic rings. The molecule has 44 heavy (non-hydrogen) atoms. The van der Waals surface area contributed by atoms with Crippen molar-refractivity contribution >= 4 is 11.9 Å². The Morgan fingerprint density at radius 3 is 1.48 bits per heavy atom. The molecule has 4 saturated carbocycles. The van der Waals surface area contributed by atoms with Gasteiger partial charge in [0.15, 0.2) is 0 Å². The average Bonchev–Trinajstić information content (AvgIpc) is 3.05. The highest BCUT2D eigenvalue weighted by atomic mass is 16.5. The van der Waals surface area contributed by atoms with Gasteiger partial charge in [0, 0.05) is 24.9 Å². The van der Waals surface area contributed by atoms with Crippen molar-refractivity contribution in [3.63, 3.8) is 0 Å². The second-order valence-corrected chi connectivity index (χ2v) is 15.4. The van der Waals surface area contributed by atoms with Gasteiger partial charge in [0.05, 0.1) is 25.4 Å². The first-order chi connectivity index (χ1) is 21.1. The molecule has 4 atom stereocenters. The molecule has 4 unspecified atom stereocenters. The van der Waals surface area contributed by atoms with Crippen molar-refractivity contribution in [2.45, 2.75) is 136 Å². The van der Waals surface area contributed by atoms with E-state index in [0.29, 0.717) is 60.1 Å². The van der Waals surface area contributed by atoms with Crippen molar-refractivity contribution in [2.24, 2.45) is 40.9 Å². The number of ether oxygens (including phenoxy) is 4. The first kappa shape index (κ1) is 35.2. The Kier molecular flexibility index (Phi) is 13.8. The van der Waals surface area contributed by atoms with Gasteiger partial charge in [0.25, 0.3) is 0 Å². The molecule has 6 heteroatoms. The molecule has 0 radical (unpaired) electrons. The predicted molar refractivity (Wildman–Crippen MR) is 175 cm³/mol. The highest BCUT2D eigenvalue weighted by Crippen LogP contribution is 2.49. The molecule has 4 fully saturated rings. The fraction of sp³-hybridized carbons (Fsp3) is 0.842. The number of carbonyl (C=O) groups excluding carboxylic acids is 2. The molecule has 0 aromatic carbocycles. The van der Waals surface area contributed by atoms with Crippen LogP contribution in [-0.2, 0) is 28.5 Å². The SMILES string of the molecule is C=CC(=O)OCC1CCCC(COC2CCC(C(C)(C)C3CCC(OCC4CCCC(COC(=O)C(=C)C)C4)CC3)CC2)C1. The molecule has 0 aromatic heterocycles. The molecule has 4 aliphatic carbocycles. The quantitative estimate of drug-likeness (QED) is 0.144. The van der Waals surface area contributed by atoms with Crippen molar-refractivity contribution in [1.82, 2.24) is 0 Å². The van der Waals surface area contributed by atoms with E-state index in [-0.39, 0.29) is 11.9 Å². The molecule has 0 amide bonds. The van der Waals surface area contributed by atoms with Crippen molar-refractivity contribution in [2.75, 3.05) is 26.4 Å². The number of rotatable bonds is 14. The number of hydrogen-bond donors (Lipinski definition) is 0. The zero-order valence-electron chi connectivity index (χ0n) is 28.2. The van der Waals surface area contributed by atoms with E-state index in [2.05, 4.69) is 27.0 Å². The fourth-order valence-corrected chi connectivity index (χ4v) is 8.81. The summed E-state index contributed by atoms with van der Waals surface area (Å²) in [5, 5.41) is 0. The van der Waals surface area contributed by atoms with Gasteiger partial charge in [-0.3, -0.25) is 0 Å². The first-order valence-corrected chi connectivity index (χ1v) is 18.0. The summed E-state index contributed by atoms with van der Waals surface area (Å²) in [5.74, 6) is 3.08. The van der Waals surface area contributed by atoms with Gasteiger partial charge in [0.2, 0.25) is 0 Å². The van der Waals surface area contributed by atoms with E-state index in [1.807, 2.05) is 0 Å². The van der Waals surface area contributed by atoms with Crippen LogP contribution in [0, 0.1) is 40.9 Å². The largest absolute Gasteiger partial charge is 0.462 e. The normalized spacial score (nSPS) is 33.2. The Bertz CT molecular complexity index is 926. The summed E-state index contributed by atoms with van der Waals surface area (Å²) < 4.78 is 23.7. The van der Waals surface area contributed by atoms with Crippen LogP contribution in [0.5, 0.6) is 0 Å². The Balaban J connectivity index is 1.10. The monoisotopic (exact) mass is 614 g/mol. The van der Waals surface area contributed by atoms with Crippen LogP contribution in [0.2, 0.25) is 0 Å². The summed E-state index contributed by atoms with van der Waals surface area (Å²) in [6.45, 7) is 16.7. The van der Waals surface area contributed by atoms with Gasteiger partial charge in [0.1, 0.15) is 0 Å². The van der Waals surface area contributed by atoms with Gasteiger partial charge in [-0.2, -0.15) is 0 Å². The predicted octanol–water partition coefficient (Wildman–Crippen LogP) is 8.62. The third-order valence-electron chi connectivity index (χ3n) is 11.8. The molecule has 250 valence electrons. The molecule has 0 bridgehead atoms. The van der Waals surface area contributed by atoms with Crippen molar-refractivity contribution in [1.29, 1.82) is 0 Å². The topological polar surface area (TPSA) is 71.1 Å². The first-order valence-electron chi connectivity index (χ1n) is 18.0. The molecular formula is C38H62O6. The lowest BCUT2D eigenvalue weighted by atomic mass is 9.60. The Morgan fingerprint density at radius 1 is 0.659 bits per heavy atom. The average molecular weight is 615 g/mol. The van der Waals surface area contributed by atoms with Crippen LogP contribution in [-0.4, -0.2) is 50.6 Å². The zero-order valence-corrected chi connectivity index (χ0v) is 28.2. The highest BCUT2D eigenvalue weighted by Gasteiger charge is 2.41. The van der Waals surface area contributed by atoms with Crippen LogP contribution in [0.1, 0.15) is 124 Å². The molecule has 0 N–H and O–H groups in total. The molecule has 4 aliphatic rings. The maximum atomic E-state index is 11.8. The third kappa shape index (κ3) is 10.7. The van der Waals surface area contributed by atoms with E-state index in [9.17, 15) is 9.59 Å². The standard InChI is InChI=1S/C38H62O6/c1-6-36(39)43-25-30-11-7-9-28(21-30)23-41-34-17-13-32(14-18-34)38(4,5)33-15-19-35(20-16-33)42-24-29-10-8-12-31(22-29)26-44-37(40)27(2)3/h6,28-35H,1-2,7-26H2,3-5H3. The van der Waals surface area contributed by atoms with Gasteiger partial charge in [-0.05, 0) is 138 Å². The van der Waals surface area contributed by atoms with Gasteiger partial charge >= 0.3 is 11.9 Å². The van der Waals surface area contributed by atoms with Crippen molar-refractivity contribution in [3.05, 3.63) is 24.8 Å². The molecule has 0 aliphatic heterocycles. The number of hydrogen-bond acceptors (Lipinski definition) is 6. The summed E-state index contributed by atoms with van der Waals surface area (Å²) in [7, 11) is 0. The maximum Gasteiger partial charge on any atom is 0.333 e. The molecular weight excluding hydrogens is 552 g/mol. The van der Waals surface area contributed by atoms with E-state index in [0.717, 1.165) is 50.7 Å².